The van der Waals surface area contributed by atoms with Crippen LogP contribution in [0.3, 0.4) is 0 Å². The third kappa shape index (κ3) is 4.89. The van der Waals surface area contributed by atoms with Gasteiger partial charge >= 0.3 is 0 Å². The molecule has 0 bridgehead atoms. The van der Waals surface area contributed by atoms with Gasteiger partial charge in [0.05, 0.1) is 22.2 Å². The van der Waals surface area contributed by atoms with Crippen LogP contribution < -0.4 is 10.0 Å². The maximum absolute atomic E-state index is 12.4. The Morgan fingerprint density at radius 2 is 1.96 bits per heavy atom. The number of aryl methyl sites for hydroxylation is 2. The number of carbonyl (C=O) groups is 1. The van der Waals surface area contributed by atoms with Crippen LogP contribution in [0.25, 0.3) is 5.65 Å². The molecule has 7 nitrogen and oxygen atoms in total. The number of sulfonamides is 1. The van der Waals surface area contributed by atoms with Crippen molar-refractivity contribution >= 4 is 33.2 Å². The quantitative estimate of drug-likeness (QED) is 0.614. The molecular formula is C19H21ClN4O3S. The number of nitrogens with one attached hydrogen (secondary N) is 2. The molecule has 3 rings (SSSR count). The van der Waals surface area contributed by atoms with Gasteiger partial charge in [0.2, 0.25) is 15.9 Å². The Kier molecular flexibility index (Phi) is 6.02. The van der Waals surface area contributed by atoms with Gasteiger partial charge in [0.1, 0.15) is 5.65 Å². The molecule has 0 radical (unpaired) electrons. The number of aromatic nitrogens is 2. The lowest BCUT2D eigenvalue weighted by Gasteiger charge is -2.10. The first-order valence-electron chi connectivity index (χ1n) is 8.71. The summed E-state index contributed by atoms with van der Waals surface area (Å²) in [7, 11) is -3.65. The summed E-state index contributed by atoms with van der Waals surface area (Å²) in [5, 5.41) is 3.33. The highest BCUT2D eigenvalue weighted by Crippen LogP contribution is 2.16. The van der Waals surface area contributed by atoms with Gasteiger partial charge in [-0.2, -0.15) is 0 Å². The molecule has 0 aliphatic carbocycles. The average Bonchev–Trinajstić information content (AvgIpc) is 3.01. The first-order valence-corrected chi connectivity index (χ1v) is 10.6. The molecule has 28 heavy (non-hydrogen) atoms. The number of pyridine rings is 1. The highest BCUT2D eigenvalue weighted by molar-refractivity contribution is 7.89. The number of amides is 1. The van der Waals surface area contributed by atoms with E-state index in [1.54, 1.807) is 48.0 Å². The smallest absolute Gasteiger partial charge is 0.240 e. The number of hydrogen-bond acceptors (Lipinski definition) is 4. The van der Waals surface area contributed by atoms with Gasteiger partial charge in [0.25, 0.3) is 0 Å². The number of fused-ring (bicyclic) bond motifs is 1. The van der Waals surface area contributed by atoms with E-state index in [1.807, 2.05) is 13.0 Å². The van der Waals surface area contributed by atoms with Crippen LogP contribution in [0.2, 0.25) is 5.02 Å². The largest absolute Gasteiger partial charge is 0.350 e. The summed E-state index contributed by atoms with van der Waals surface area (Å²) in [6.07, 6.45) is 3.55. The van der Waals surface area contributed by atoms with Crippen molar-refractivity contribution in [2.45, 2.75) is 31.7 Å². The van der Waals surface area contributed by atoms with E-state index in [2.05, 4.69) is 15.0 Å². The first kappa shape index (κ1) is 20.3. The van der Waals surface area contributed by atoms with Crippen LogP contribution in [-0.4, -0.2) is 30.3 Å². The molecule has 0 aliphatic heterocycles. The van der Waals surface area contributed by atoms with Crippen molar-refractivity contribution < 1.29 is 13.2 Å². The Morgan fingerprint density at radius 1 is 1.18 bits per heavy atom. The maximum Gasteiger partial charge on any atom is 0.240 e. The monoisotopic (exact) mass is 420 g/mol. The second kappa shape index (κ2) is 8.30. The molecule has 1 amide bonds. The number of halogens is 1. The predicted octanol–water partition coefficient (Wildman–Crippen LogP) is 2.59. The van der Waals surface area contributed by atoms with Crippen molar-refractivity contribution in [2.24, 2.45) is 0 Å². The molecule has 3 aromatic rings. The Balaban J connectivity index is 1.51. The van der Waals surface area contributed by atoms with Gasteiger partial charge in [0.15, 0.2) is 0 Å². The second-order valence-corrected chi connectivity index (χ2v) is 8.71. The van der Waals surface area contributed by atoms with Crippen molar-refractivity contribution in [3.05, 3.63) is 64.6 Å². The topological polar surface area (TPSA) is 92.6 Å². The number of nitrogens with zero attached hydrogens (tertiary/aromatic N) is 2. The van der Waals surface area contributed by atoms with E-state index in [-0.39, 0.29) is 30.3 Å². The third-order valence-corrected chi connectivity index (χ3v) is 6.04. The zero-order valence-corrected chi connectivity index (χ0v) is 17.1. The zero-order chi connectivity index (χ0) is 20.3. The molecule has 0 fully saturated rings. The minimum atomic E-state index is -3.65. The minimum absolute atomic E-state index is 0.0161. The number of imidazole rings is 1. The molecule has 0 spiro atoms. The number of hydrogen-bond donors (Lipinski definition) is 2. The molecular weight excluding hydrogens is 400 g/mol. The van der Waals surface area contributed by atoms with Crippen molar-refractivity contribution in [3.8, 4) is 0 Å². The Morgan fingerprint density at radius 3 is 2.71 bits per heavy atom. The summed E-state index contributed by atoms with van der Waals surface area (Å²) in [5.74, 6) is -0.265. The molecule has 2 aromatic heterocycles. The van der Waals surface area contributed by atoms with Crippen LogP contribution in [-0.2, 0) is 21.4 Å². The average molecular weight is 421 g/mol. The molecule has 0 saturated carbocycles. The summed E-state index contributed by atoms with van der Waals surface area (Å²) >= 11 is 5.94. The van der Waals surface area contributed by atoms with Gasteiger partial charge in [0, 0.05) is 25.4 Å². The molecule has 0 unspecified atom stereocenters. The normalized spacial score (nSPS) is 11.7. The molecule has 0 aliphatic rings. The standard InChI is InChI=1S/C19H21ClN4O3S/c1-13-3-5-17(14(2)9-13)28(26,27)22-8-7-19(25)21-10-16-12-24-11-15(20)4-6-18(24)23-16/h3-6,9,11-12,22H,7-8,10H2,1-2H3,(H,21,25). The third-order valence-electron chi connectivity index (χ3n) is 4.20. The van der Waals surface area contributed by atoms with Crippen molar-refractivity contribution in [3.63, 3.8) is 0 Å². The van der Waals surface area contributed by atoms with Crippen LogP contribution in [0, 0.1) is 13.8 Å². The van der Waals surface area contributed by atoms with E-state index < -0.39 is 10.0 Å². The van der Waals surface area contributed by atoms with E-state index in [1.165, 1.54) is 0 Å². The van der Waals surface area contributed by atoms with E-state index in [4.69, 9.17) is 11.6 Å². The Bertz CT molecular complexity index is 1130. The lowest BCUT2D eigenvalue weighted by Crippen LogP contribution is -2.31. The second-order valence-electron chi connectivity index (χ2n) is 6.54. The SMILES string of the molecule is Cc1ccc(S(=O)(=O)NCCC(=O)NCc2cn3cc(Cl)ccc3n2)c(C)c1. The van der Waals surface area contributed by atoms with E-state index >= 15 is 0 Å². The highest BCUT2D eigenvalue weighted by Gasteiger charge is 2.16. The minimum Gasteiger partial charge on any atom is -0.350 e. The highest BCUT2D eigenvalue weighted by atomic mass is 35.5. The molecule has 0 atom stereocenters. The number of rotatable bonds is 7. The summed E-state index contributed by atoms with van der Waals surface area (Å²) in [5.41, 5.74) is 3.08. The van der Waals surface area contributed by atoms with Crippen LogP contribution in [0.5, 0.6) is 0 Å². The number of benzene rings is 1. The molecule has 2 N–H and O–H groups in total. The summed E-state index contributed by atoms with van der Waals surface area (Å²) in [6, 6.07) is 8.66. The maximum atomic E-state index is 12.4. The fourth-order valence-electron chi connectivity index (χ4n) is 2.86. The molecule has 1 aromatic carbocycles. The van der Waals surface area contributed by atoms with E-state index in [0.29, 0.717) is 16.3 Å². The van der Waals surface area contributed by atoms with Gasteiger partial charge in [-0.15, -0.1) is 0 Å². The van der Waals surface area contributed by atoms with Gasteiger partial charge in [-0.25, -0.2) is 18.1 Å². The van der Waals surface area contributed by atoms with Gasteiger partial charge in [-0.1, -0.05) is 29.3 Å². The molecule has 9 heteroatoms. The van der Waals surface area contributed by atoms with Crippen molar-refractivity contribution in [2.75, 3.05) is 6.54 Å². The number of carbonyl (C=O) groups excluding carboxylic acids is 1. The zero-order valence-electron chi connectivity index (χ0n) is 15.6. The fraction of sp³-hybridized carbons (Fsp3) is 0.263. The van der Waals surface area contributed by atoms with Crippen molar-refractivity contribution in [1.82, 2.24) is 19.4 Å². The predicted molar refractivity (Wildman–Crippen MR) is 108 cm³/mol. The van der Waals surface area contributed by atoms with Crippen LogP contribution in [0.4, 0.5) is 0 Å². The van der Waals surface area contributed by atoms with Crippen LogP contribution >= 0.6 is 11.6 Å². The summed E-state index contributed by atoms with van der Waals surface area (Å²) in [4.78, 5) is 16.6. The summed E-state index contributed by atoms with van der Waals surface area (Å²) in [6.45, 7) is 3.92. The first-order chi connectivity index (χ1) is 13.2. The molecule has 0 saturated heterocycles. The fourth-order valence-corrected chi connectivity index (χ4v) is 4.28. The van der Waals surface area contributed by atoms with E-state index in [0.717, 1.165) is 11.2 Å². The van der Waals surface area contributed by atoms with Gasteiger partial charge in [-0.3, -0.25) is 4.79 Å². The lowest BCUT2D eigenvalue weighted by molar-refractivity contribution is -0.121. The summed E-state index contributed by atoms with van der Waals surface area (Å²) < 4.78 is 29.0. The Hall–Kier alpha value is -2.42. The van der Waals surface area contributed by atoms with Crippen LogP contribution in [0.1, 0.15) is 23.2 Å². The molecule has 2 heterocycles. The van der Waals surface area contributed by atoms with Crippen molar-refractivity contribution in [1.29, 1.82) is 0 Å². The van der Waals surface area contributed by atoms with E-state index in [9.17, 15) is 13.2 Å². The molecule has 148 valence electrons. The van der Waals surface area contributed by atoms with Crippen LogP contribution in [0.15, 0.2) is 47.6 Å². The van der Waals surface area contributed by atoms with Gasteiger partial charge in [-0.05, 0) is 37.6 Å². The Labute approximate surface area is 168 Å². The lowest BCUT2D eigenvalue weighted by atomic mass is 10.2. The van der Waals surface area contributed by atoms with Gasteiger partial charge < -0.3 is 9.72 Å².